The molecule has 0 saturated heterocycles. The number of amides is 2. The fourth-order valence-electron chi connectivity index (χ4n) is 3.27. The van der Waals surface area contributed by atoms with E-state index in [0.29, 0.717) is 16.9 Å². The minimum atomic E-state index is -1.13. The van der Waals surface area contributed by atoms with Crippen molar-refractivity contribution in [1.82, 2.24) is 14.8 Å². The molecule has 1 N–H and O–H groups in total. The van der Waals surface area contributed by atoms with Crippen LogP contribution in [0.2, 0.25) is 0 Å². The quantitative estimate of drug-likeness (QED) is 0.667. The predicted molar refractivity (Wildman–Crippen MR) is 108 cm³/mol. The molecule has 1 aliphatic heterocycles. The molecule has 0 radical (unpaired) electrons. The summed E-state index contributed by atoms with van der Waals surface area (Å²) in [6.07, 6.45) is 2.95. The van der Waals surface area contributed by atoms with Gasteiger partial charge in [0.15, 0.2) is 6.61 Å². The second-order valence-electron chi connectivity index (χ2n) is 7.22. The average Bonchev–Trinajstić information content (AvgIpc) is 3.27. The van der Waals surface area contributed by atoms with E-state index in [2.05, 4.69) is 15.4 Å². The van der Waals surface area contributed by atoms with E-state index >= 15 is 0 Å². The third-order valence-corrected chi connectivity index (χ3v) is 4.87. The Bertz CT molecular complexity index is 1110. The molecular formula is C21H19N5O4. The number of hydrogen-bond acceptors (Lipinski definition) is 6. The zero-order valence-corrected chi connectivity index (χ0v) is 16.4. The molecule has 9 nitrogen and oxygen atoms in total. The summed E-state index contributed by atoms with van der Waals surface area (Å²) in [6, 6.07) is 13.5. The number of fused-ring (bicyclic) bond motifs is 1. The Morgan fingerprint density at radius 2 is 1.83 bits per heavy atom. The van der Waals surface area contributed by atoms with E-state index in [-0.39, 0.29) is 5.91 Å². The lowest BCUT2D eigenvalue weighted by molar-refractivity contribution is -0.128. The van der Waals surface area contributed by atoms with Crippen LogP contribution in [0.4, 0.5) is 11.4 Å². The van der Waals surface area contributed by atoms with E-state index in [4.69, 9.17) is 4.74 Å². The highest BCUT2D eigenvalue weighted by Gasteiger charge is 2.43. The number of benzene rings is 2. The van der Waals surface area contributed by atoms with Crippen LogP contribution < -0.4 is 10.2 Å². The highest BCUT2D eigenvalue weighted by Crippen LogP contribution is 2.36. The van der Waals surface area contributed by atoms with Crippen LogP contribution in [0, 0.1) is 0 Å². The van der Waals surface area contributed by atoms with Crippen LogP contribution in [0.15, 0.2) is 61.2 Å². The van der Waals surface area contributed by atoms with Crippen LogP contribution in [0.1, 0.15) is 24.2 Å². The van der Waals surface area contributed by atoms with Crippen LogP contribution in [0.3, 0.4) is 0 Å². The van der Waals surface area contributed by atoms with Gasteiger partial charge in [0.2, 0.25) is 5.91 Å². The van der Waals surface area contributed by atoms with Crippen LogP contribution >= 0.6 is 0 Å². The second kappa shape index (κ2) is 7.43. The Morgan fingerprint density at radius 3 is 2.53 bits per heavy atom. The first-order valence-electron chi connectivity index (χ1n) is 9.23. The minimum absolute atomic E-state index is 0.294. The molecule has 0 saturated carbocycles. The normalized spacial score (nSPS) is 14.6. The fourth-order valence-corrected chi connectivity index (χ4v) is 3.27. The Kier molecular flexibility index (Phi) is 4.78. The number of anilines is 2. The molecule has 3 aromatic rings. The van der Waals surface area contributed by atoms with E-state index in [0.717, 1.165) is 5.69 Å². The van der Waals surface area contributed by atoms with Crippen molar-refractivity contribution < 1.29 is 19.1 Å². The van der Waals surface area contributed by atoms with Gasteiger partial charge in [-0.05, 0) is 50.2 Å². The molecule has 152 valence electrons. The summed E-state index contributed by atoms with van der Waals surface area (Å²) in [5, 5.41) is 6.81. The standard InChI is InChI=1S/C21H19N5O4/c1-21(2)20(29)24-16-5-3-4-6-17(16)26(21)18(27)11-30-19(28)14-7-9-15(10-8-14)25-13-22-12-23-25/h3-10,12-13H,11H2,1-2H3,(H,24,29). The van der Waals surface area contributed by atoms with Crippen molar-refractivity contribution in [1.29, 1.82) is 0 Å². The van der Waals surface area contributed by atoms with Gasteiger partial charge in [-0.1, -0.05) is 12.1 Å². The number of nitrogens with one attached hydrogen (secondary N) is 1. The van der Waals surface area contributed by atoms with Crippen molar-refractivity contribution in [3.63, 3.8) is 0 Å². The first-order valence-corrected chi connectivity index (χ1v) is 9.23. The molecule has 2 amide bonds. The number of rotatable bonds is 4. The maximum atomic E-state index is 12.9. The molecule has 1 aromatic heterocycles. The highest BCUT2D eigenvalue weighted by molar-refractivity contribution is 6.14. The SMILES string of the molecule is CC1(C)C(=O)Nc2ccccc2N1C(=O)COC(=O)c1ccc(-n2cncn2)cc1. The maximum absolute atomic E-state index is 12.9. The van der Waals surface area contributed by atoms with Gasteiger partial charge in [0.05, 0.1) is 22.6 Å². The molecule has 0 atom stereocenters. The van der Waals surface area contributed by atoms with Gasteiger partial charge in [0, 0.05) is 0 Å². The summed E-state index contributed by atoms with van der Waals surface area (Å²) in [4.78, 5) is 43.0. The number of hydrogen-bond donors (Lipinski definition) is 1. The Morgan fingerprint density at radius 1 is 1.10 bits per heavy atom. The second-order valence-corrected chi connectivity index (χ2v) is 7.22. The Balaban J connectivity index is 1.47. The van der Waals surface area contributed by atoms with Crippen LogP contribution in [0.5, 0.6) is 0 Å². The number of ether oxygens (including phenoxy) is 1. The largest absolute Gasteiger partial charge is 0.452 e. The molecule has 2 aromatic carbocycles. The van der Waals surface area contributed by atoms with Crippen molar-refractivity contribution in [2.24, 2.45) is 0 Å². The number of carbonyl (C=O) groups excluding carboxylic acids is 3. The van der Waals surface area contributed by atoms with Crippen LogP contribution in [-0.4, -0.2) is 44.7 Å². The average molecular weight is 405 g/mol. The maximum Gasteiger partial charge on any atom is 0.338 e. The first-order chi connectivity index (χ1) is 14.4. The molecule has 0 spiro atoms. The van der Waals surface area contributed by atoms with Gasteiger partial charge in [-0.25, -0.2) is 14.5 Å². The fraction of sp³-hybridized carbons (Fsp3) is 0.190. The molecule has 1 aliphatic rings. The third-order valence-electron chi connectivity index (χ3n) is 4.87. The number of carbonyl (C=O) groups is 3. The summed E-state index contributed by atoms with van der Waals surface area (Å²) in [6.45, 7) is 2.79. The lowest BCUT2D eigenvalue weighted by Crippen LogP contribution is -2.59. The molecule has 4 rings (SSSR count). The van der Waals surface area contributed by atoms with Crippen molar-refractivity contribution in [3.8, 4) is 5.69 Å². The molecule has 9 heteroatoms. The number of nitrogens with zero attached hydrogens (tertiary/aromatic N) is 4. The highest BCUT2D eigenvalue weighted by atomic mass is 16.5. The molecule has 2 heterocycles. The van der Waals surface area contributed by atoms with Crippen molar-refractivity contribution in [2.75, 3.05) is 16.8 Å². The smallest absolute Gasteiger partial charge is 0.338 e. The molecule has 30 heavy (non-hydrogen) atoms. The van der Waals surface area contributed by atoms with Crippen LogP contribution in [0.25, 0.3) is 5.69 Å². The topological polar surface area (TPSA) is 106 Å². The third kappa shape index (κ3) is 3.41. The zero-order valence-electron chi connectivity index (χ0n) is 16.4. The Labute approximate surface area is 172 Å². The lowest BCUT2D eigenvalue weighted by Gasteiger charge is -2.41. The minimum Gasteiger partial charge on any atom is -0.452 e. The number of aromatic nitrogens is 3. The molecule has 0 aliphatic carbocycles. The summed E-state index contributed by atoms with van der Waals surface area (Å²) in [7, 11) is 0. The number of esters is 1. The predicted octanol–water partition coefficient (Wildman–Crippen LogP) is 2.19. The molecule has 0 bridgehead atoms. The summed E-state index contributed by atoms with van der Waals surface area (Å²) >= 11 is 0. The summed E-state index contributed by atoms with van der Waals surface area (Å²) in [5.41, 5.74) is 0.989. The van der Waals surface area contributed by atoms with E-state index in [9.17, 15) is 14.4 Å². The first kappa shape index (κ1) is 19.3. The van der Waals surface area contributed by atoms with E-state index in [1.165, 1.54) is 11.2 Å². The van der Waals surface area contributed by atoms with Gasteiger partial charge < -0.3 is 10.1 Å². The molecule has 0 unspecified atom stereocenters. The van der Waals surface area contributed by atoms with Crippen molar-refractivity contribution in [3.05, 3.63) is 66.7 Å². The van der Waals surface area contributed by atoms with Gasteiger partial charge in [0.1, 0.15) is 18.2 Å². The van der Waals surface area contributed by atoms with Gasteiger partial charge in [-0.15, -0.1) is 0 Å². The molecular weight excluding hydrogens is 386 g/mol. The summed E-state index contributed by atoms with van der Waals surface area (Å²) in [5.74, 6) is -1.44. The lowest BCUT2D eigenvalue weighted by atomic mass is 9.96. The van der Waals surface area contributed by atoms with Crippen LogP contribution in [-0.2, 0) is 14.3 Å². The number of para-hydroxylation sites is 2. The van der Waals surface area contributed by atoms with Gasteiger partial charge >= 0.3 is 5.97 Å². The molecule has 0 fully saturated rings. The van der Waals surface area contributed by atoms with E-state index < -0.39 is 24.0 Å². The van der Waals surface area contributed by atoms with Gasteiger partial charge in [-0.2, -0.15) is 5.10 Å². The van der Waals surface area contributed by atoms with E-state index in [1.807, 2.05) is 0 Å². The van der Waals surface area contributed by atoms with Gasteiger partial charge in [-0.3, -0.25) is 14.5 Å². The van der Waals surface area contributed by atoms with E-state index in [1.54, 1.807) is 73.4 Å². The zero-order chi connectivity index (χ0) is 21.3. The monoisotopic (exact) mass is 405 g/mol. The van der Waals surface area contributed by atoms with Crippen molar-refractivity contribution >= 4 is 29.2 Å². The van der Waals surface area contributed by atoms with Gasteiger partial charge in [0.25, 0.3) is 5.91 Å². The van der Waals surface area contributed by atoms with Crippen molar-refractivity contribution in [2.45, 2.75) is 19.4 Å². The Hall–Kier alpha value is -4.01. The summed E-state index contributed by atoms with van der Waals surface area (Å²) < 4.78 is 6.78.